The monoisotopic (exact) mass is 280 g/mol. The topological polar surface area (TPSA) is 59.6 Å². The lowest BCUT2D eigenvalue weighted by Crippen LogP contribution is -2.41. The molecule has 0 atom stereocenters. The summed E-state index contributed by atoms with van der Waals surface area (Å²) in [6.07, 6.45) is 0. The van der Waals surface area contributed by atoms with Gasteiger partial charge in [0.15, 0.2) is 0 Å². The number of carbonyl (C=O) groups excluding carboxylic acids is 1. The molecule has 20 heavy (non-hydrogen) atoms. The fourth-order valence-electron chi connectivity index (χ4n) is 1.91. The van der Waals surface area contributed by atoms with Gasteiger partial charge in [-0.1, -0.05) is 0 Å². The van der Waals surface area contributed by atoms with Crippen LogP contribution in [0.15, 0.2) is 18.2 Å². The van der Waals surface area contributed by atoms with Crippen molar-refractivity contribution in [2.75, 3.05) is 27.8 Å². The Kier molecular flexibility index (Phi) is 5.82. The van der Waals surface area contributed by atoms with Crippen molar-refractivity contribution in [3.63, 3.8) is 0 Å². The smallest absolute Gasteiger partial charge is 0.226 e. The molecule has 1 aromatic rings. The summed E-state index contributed by atoms with van der Waals surface area (Å²) >= 11 is 0. The molecule has 1 rings (SSSR count). The average Bonchev–Trinajstić information content (AvgIpc) is 2.45. The summed E-state index contributed by atoms with van der Waals surface area (Å²) in [5.74, 6) is 1.53. The Morgan fingerprint density at radius 2 is 1.70 bits per heavy atom. The van der Waals surface area contributed by atoms with Crippen LogP contribution in [-0.2, 0) is 11.3 Å². The minimum atomic E-state index is -0.447. The maximum Gasteiger partial charge on any atom is 0.226 e. The van der Waals surface area contributed by atoms with E-state index in [9.17, 15) is 4.79 Å². The normalized spacial score (nSPS) is 11.1. The number of carbonyl (C=O) groups is 1. The predicted octanol–water partition coefficient (Wildman–Crippen LogP) is 1.57. The number of nitrogens with one attached hydrogen (secondary N) is 2. The SMILES string of the molecule is CNC(=O)C(C)(C)CNCc1cc(OC)cc(OC)c1. The van der Waals surface area contributed by atoms with Gasteiger partial charge in [-0.25, -0.2) is 0 Å². The third-order valence-corrected chi connectivity index (χ3v) is 3.15. The molecule has 0 fully saturated rings. The molecule has 0 aliphatic heterocycles. The van der Waals surface area contributed by atoms with Gasteiger partial charge in [0.05, 0.1) is 19.6 Å². The summed E-state index contributed by atoms with van der Waals surface area (Å²) in [7, 11) is 4.90. The summed E-state index contributed by atoms with van der Waals surface area (Å²) < 4.78 is 10.5. The lowest BCUT2D eigenvalue weighted by molar-refractivity contribution is -0.128. The summed E-state index contributed by atoms with van der Waals surface area (Å²) in [6, 6.07) is 5.72. The zero-order chi connectivity index (χ0) is 15.2. The lowest BCUT2D eigenvalue weighted by Gasteiger charge is -2.23. The summed E-state index contributed by atoms with van der Waals surface area (Å²) in [5.41, 5.74) is 0.603. The molecule has 0 aromatic heterocycles. The highest BCUT2D eigenvalue weighted by atomic mass is 16.5. The minimum Gasteiger partial charge on any atom is -0.497 e. The van der Waals surface area contributed by atoms with Crippen LogP contribution in [0.3, 0.4) is 0 Å². The Hall–Kier alpha value is -1.75. The molecule has 2 N–H and O–H groups in total. The first-order chi connectivity index (χ1) is 9.42. The summed E-state index contributed by atoms with van der Waals surface area (Å²) in [5, 5.41) is 5.96. The molecule has 0 aliphatic rings. The van der Waals surface area contributed by atoms with Crippen molar-refractivity contribution in [2.24, 2.45) is 5.41 Å². The van der Waals surface area contributed by atoms with Crippen LogP contribution < -0.4 is 20.1 Å². The first kappa shape index (κ1) is 16.3. The zero-order valence-corrected chi connectivity index (χ0v) is 12.9. The number of ether oxygens (including phenoxy) is 2. The van der Waals surface area contributed by atoms with Crippen LogP contribution in [-0.4, -0.2) is 33.7 Å². The second-order valence-electron chi connectivity index (χ2n) is 5.29. The molecule has 0 radical (unpaired) electrons. The van der Waals surface area contributed by atoms with Crippen molar-refractivity contribution in [2.45, 2.75) is 20.4 Å². The molecule has 0 saturated heterocycles. The van der Waals surface area contributed by atoms with Gasteiger partial charge in [0.1, 0.15) is 11.5 Å². The maximum absolute atomic E-state index is 11.7. The van der Waals surface area contributed by atoms with Crippen LogP contribution in [0.25, 0.3) is 0 Å². The van der Waals surface area contributed by atoms with E-state index >= 15 is 0 Å². The molecule has 5 heteroatoms. The van der Waals surface area contributed by atoms with Crippen molar-refractivity contribution in [1.82, 2.24) is 10.6 Å². The zero-order valence-electron chi connectivity index (χ0n) is 12.9. The number of hydrogen-bond donors (Lipinski definition) is 2. The number of amides is 1. The van der Waals surface area contributed by atoms with Crippen LogP contribution in [0.2, 0.25) is 0 Å². The van der Waals surface area contributed by atoms with Crippen molar-refractivity contribution in [1.29, 1.82) is 0 Å². The fraction of sp³-hybridized carbons (Fsp3) is 0.533. The molecule has 0 spiro atoms. The van der Waals surface area contributed by atoms with Crippen molar-refractivity contribution >= 4 is 5.91 Å². The van der Waals surface area contributed by atoms with Gasteiger partial charge < -0.3 is 20.1 Å². The van der Waals surface area contributed by atoms with Gasteiger partial charge in [-0.2, -0.15) is 0 Å². The maximum atomic E-state index is 11.7. The second kappa shape index (κ2) is 7.14. The average molecular weight is 280 g/mol. The highest BCUT2D eigenvalue weighted by Gasteiger charge is 2.25. The third kappa shape index (κ3) is 4.42. The van der Waals surface area contributed by atoms with Crippen LogP contribution in [0, 0.1) is 5.41 Å². The van der Waals surface area contributed by atoms with E-state index in [-0.39, 0.29) is 5.91 Å². The number of hydrogen-bond acceptors (Lipinski definition) is 4. The lowest BCUT2D eigenvalue weighted by atomic mass is 9.92. The highest BCUT2D eigenvalue weighted by molar-refractivity contribution is 5.81. The molecule has 0 heterocycles. The van der Waals surface area contributed by atoms with E-state index < -0.39 is 5.41 Å². The summed E-state index contributed by atoms with van der Waals surface area (Å²) in [6.45, 7) is 5.05. The Morgan fingerprint density at radius 3 is 2.15 bits per heavy atom. The van der Waals surface area contributed by atoms with Gasteiger partial charge >= 0.3 is 0 Å². The Morgan fingerprint density at radius 1 is 1.15 bits per heavy atom. The Labute approximate surface area is 120 Å². The van der Waals surface area contributed by atoms with Crippen molar-refractivity contribution < 1.29 is 14.3 Å². The molecule has 1 aromatic carbocycles. The molecule has 112 valence electrons. The van der Waals surface area contributed by atoms with Crippen LogP contribution in [0.1, 0.15) is 19.4 Å². The molecular weight excluding hydrogens is 256 g/mol. The van der Waals surface area contributed by atoms with E-state index in [0.29, 0.717) is 13.1 Å². The van der Waals surface area contributed by atoms with Gasteiger partial charge in [0.25, 0.3) is 0 Å². The molecule has 5 nitrogen and oxygen atoms in total. The van der Waals surface area contributed by atoms with E-state index in [1.165, 1.54) is 0 Å². The number of benzene rings is 1. The molecule has 0 aliphatic carbocycles. The fourth-order valence-corrected chi connectivity index (χ4v) is 1.91. The largest absolute Gasteiger partial charge is 0.497 e. The minimum absolute atomic E-state index is 0.0215. The van der Waals surface area contributed by atoms with Gasteiger partial charge in [0, 0.05) is 26.2 Å². The second-order valence-corrected chi connectivity index (χ2v) is 5.29. The van der Waals surface area contributed by atoms with E-state index in [1.807, 2.05) is 32.0 Å². The molecule has 1 amide bonds. The molecule has 0 saturated carbocycles. The van der Waals surface area contributed by atoms with Gasteiger partial charge in [-0.05, 0) is 31.5 Å². The summed E-state index contributed by atoms with van der Waals surface area (Å²) in [4.78, 5) is 11.7. The predicted molar refractivity (Wildman–Crippen MR) is 79.1 cm³/mol. The number of rotatable bonds is 7. The molecular formula is C15H24N2O3. The molecule has 0 unspecified atom stereocenters. The van der Waals surface area contributed by atoms with Gasteiger partial charge in [-0.15, -0.1) is 0 Å². The van der Waals surface area contributed by atoms with Crippen LogP contribution in [0.5, 0.6) is 11.5 Å². The van der Waals surface area contributed by atoms with E-state index in [2.05, 4.69) is 10.6 Å². The first-order valence-corrected chi connectivity index (χ1v) is 6.58. The van der Waals surface area contributed by atoms with E-state index in [0.717, 1.165) is 17.1 Å². The quantitative estimate of drug-likeness (QED) is 0.796. The Balaban J connectivity index is 2.64. The highest BCUT2D eigenvalue weighted by Crippen LogP contribution is 2.22. The van der Waals surface area contributed by atoms with Crippen LogP contribution in [0.4, 0.5) is 0 Å². The Bertz CT molecular complexity index is 436. The van der Waals surface area contributed by atoms with Gasteiger partial charge in [-0.3, -0.25) is 4.79 Å². The van der Waals surface area contributed by atoms with Crippen molar-refractivity contribution in [3.8, 4) is 11.5 Å². The first-order valence-electron chi connectivity index (χ1n) is 6.58. The van der Waals surface area contributed by atoms with Crippen molar-refractivity contribution in [3.05, 3.63) is 23.8 Å². The van der Waals surface area contributed by atoms with Crippen LogP contribution >= 0.6 is 0 Å². The number of methoxy groups -OCH3 is 2. The van der Waals surface area contributed by atoms with E-state index in [4.69, 9.17) is 9.47 Å². The van der Waals surface area contributed by atoms with Gasteiger partial charge in [0.2, 0.25) is 5.91 Å². The molecule has 0 bridgehead atoms. The third-order valence-electron chi connectivity index (χ3n) is 3.15. The van der Waals surface area contributed by atoms with E-state index in [1.54, 1.807) is 21.3 Å². The standard InChI is InChI=1S/C15H24N2O3/c1-15(2,14(18)16-3)10-17-9-11-6-12(19-4)8-13(7-11)20-5/h6-8,17H,9-10H2,1-5H3,(H,16,18).